The number of nitrogens with one attached hydrogen (secondary N) is 1. The van der Waals surface area contributed by atoms with Gasteiger partial charge in [-0.3, -0.25) is 0 Å². The lowest BCUT2D eigenvalue weighted by atomic mass is 9.86. The maximum absolute atomic E-state index is 12.4. The summed E-state index contributed by atoms with van der Waals surface area (Å²) in [4.78, 5) is 14.2. The number of amides is 2. The molecule has 122 valence electrons. The van der Waals surface area contributed by atoms with Crippen LogP contribution < -0.4 is 5.32 Å². The highest BCUT2D eigenvalue weighted by molar-refractivity contribution is 6.30. The molecule has 2 rings (SSSR count). The standard InChI is InChI=1S/C17H25ClN2O2/c1-12(14-4-3-5-15(18)10-14)19-17(22)20(2)16-8-6-13(11-21)7-9-16/h3-5,10,12-13,16,21H,6-9,11H2,1-2H3,(H,19,22). The molecule has 1 aromatic carbocycles. The van der Waals surface area contributed by atoms with Crippen molar-refractivity contribution >= 4 is 17.6 Å². The van der Waals surface area contributed by atoms with E-state index in [2.05, 4.69) is 5.32 Å². The first-order valence-electron chi connectivity index (χ1n) is 7.91. The third kappa shape index (κ3) is 4.37. The van der Waals surface area contributed by atoms with Gasteiger partial charge >= 0.3 is 6.03 Å². The summed E-state index contributed by atoms with van der Waals surface area (Å²) in [7, 11) is 1.85. The number of benzene rings is 1. The van der Waals surface area contributed by atoms with Crippen LogP contribution in [-0.2, 0) is 0 Å². The zero-order valence-electron chi connectivity index (χ0n) is 13.3. The van der Waals surface area contributed by atoms with E-state index < -0.39 is 0 Å². The smallest absolute Gasteiger partial charge is 0.317 e. The summed E-state index contributed by atoms with van der Waals surface area (Å²) < 4.78 is 0. The molecule has 4 nitrogen and oxygen atoms in total. The number of nitrogens with zero attached hydrogens (tertiary/aromatic N) is 1. The molecule has 1 aliphatic carbocycles. The van der Waals surface area contributed by atoms with Gasteiger partial charge in [-0.1, -0.05) is 23.7 Å². The average molecular weight is 325 g/mol. The van der Waals surface area contributed by atoms with E-state index in [9.17, 15) is 9.90 Å². The molecule has 0 aliphatic heterocycles. The summed E-state index contributed by atoms with van der Waals surface area (Å²) in [5.74, 6) is 0.401. The van der Waals surface area contributed by atoms with E-state index in [-0.39, 0.29) is 24.7 Å². The molecule has 2 amide bonds. The molecule has 1 unspecified atom stereocenters. The summed E-state index contributed by atoms with van der Waals surface area (Å²) in [6, 6.07) is 7.67. The molecular formula is C17H25ClN2O2. The summed E-state index contributed by atoms with van der Waals surface area (Å²) in [5.41, 5.74) is 0.998. The first kappa shape index (κ1) is 17.1. The van der Waals surface area contributed by atoms with E-state index in [0.717, 1.165) is 31.2 Å². The van der Waals surface area contributed by atoms with Crippen molar-refractivity contribution in [2.24, 2.45) is 5.92 Å². The molecule has 0 aromatic heterocycles. The number of carbonyl (C=O) groups excluding carboxylic acids is 1. The largest absolute Gasteiger partial charge is 0.396 e. The topological polar surface area (TPSA) is 52.6 Å². The highest BCUT2D eigenvalue weighted by atomic mass is 35.5. The van der Waals surface area contributed by atoms with Crippen LogP contribution in [0.2, 0.25) is 5.02 Å². The van der Waals surface area contributed by atoms with Crippen molar-refractivity contribution in [1.82, 2.24) is 10.2 Å². The SMILES string of the molecule is CC(NC(=O)N(C)C1CCC(CO)CC1)c1cccc(Cl)c1. The van der Waals surface area contributed by atoms with E-state index in [1.54, 1.807) is 4.90 Å². The Morgan fingerprint density at radius 2 is 2.09 bits per heavy atom. The van der Waals surface area contributed by atoms with E-state index >= 15 is 0 Å². The number of rotatable bonds is 4. The van der Waals surface area contributed by atoms with Crippen molar-refractivity contribution in [3.05, 3.63) is 34.9 Å². The van der Waals surface area contributed by atoms with Crippen molar-refractivity contribution in [3.63, 3.8) is 0 Å². The molecule has 0 bridgehead atoms. The number of carbonyl (C=O) groups is 1. The van der Waals surface area contributed by atoms with Crippen molar-refractivity contribution < 1.29 is 9.90 Å². The Morgan fingerprint density at radius 1 is 1.41 bits per heavy atom. The first-order valence-corrected chi connectivity index (χ1v) is 8.28. The number of aliphatic hydroxyl groups is 1. The first-order chi connectivity index (χ1) is 10.5. The van der Waals surface area contributed by atoms with Gasteiger partial charge in [-0.05, 0) is 56.2 Å². The number of urea groups is 1. The third-order valence-electron chi connectivity index (χ3n) is 4.63. The summed E-state index contributed by atoms with van der Waals surface area (Å²) in [6.45, 7) is 2.22. The van der Waals surface area contributed by atoms with Crippen LogP contribution in [0.3, 0.4) is 0 Å². The van der Waals surface area contributed by atoms with E-state index in [1.165, 1.54) is 0 Å². The number of aliphatic hydroxyl groups excluding tert-OH is 1. The molecule has 2 N–H and O–H groups in total. The zero-order valence-corrected chi connectivity index (χ0v) is 14.0. The summed E-state index contributed by atoms with van der Waals surface area (Å²) in [6.07, 6.45) is 3.90. The van der Waals surface area contributed by atoms with Crippen LogP contribution in [0, 0.1) is 5.92 Å². The van der Waals surface area contributed by atoms with Gasteiger partial charge in [-0.2, -0.15) is 0 Å². The fourth-order valence-corrected chi connectivity index (χ4v) is 3.23. The second kappa shape index (κ2) is 7.84. The Labute approximate surface area is 137 Å². The van der Waals surface area contributed by atoms with Crippen molar-refractivity contribution in [2.75, 3.05) is 13.7 Å². The summed E-state index contributed by atoms with van der Waals surface area (Å²) >= 11 is 5.99. The van der Waals surface area contributed by atoms with Gasteiger partial charge in [0.05, 0.1) is 6.04 Å². The lowest BCUT2D eigenvalue weighted by Gasteiger charge is -2.34. The van der Waals surface area contributed by atoms with Gasteiger partial charge in [0.15, 0.2) is 0 Å². The lowest BCUT2D eigenvalue weighted by Crippen LogP contribution is -2.45. The molecule has 5 heteroatoms. The van der Waals surface area contributed by atoms with Gasteiger partial charge < -0.3 is 15.3 Å². The van der Waals surface area contributed by atoms with E-state index in [4.69, 9.17) is 11.6 Å². The van der Waals surface area contributed by atoms with Gasteiger partial charge in [0.2, 0.25) is 0 Å². The van der Waals surface area contributed by atoms with Crippen LogP contribution >= 0.6 is 11.6 Å². The quantitative estimate of drug-likeness (QED) is 0.889. The molecule has 0 radical (unpaired) electrons. The third-order valence-corrected chi connectivity index (χ3v) is 4.87. The highest BCUT2D eigenvalue weighted by Gasteiger charge is 2.26. The molecule has 0 saturated heterocycles. The Kier molecular flexibility index (Phi) is 6.09. The number of hydrogen-bond acceptors (Lipinski definition) is 2. The monoisotopic (exact) mass is 324 g/mol. The molecule has 1 saturated carbocycles. The lowest BCUT2D eigenvalue weighted by molar-refractivity contribution is 0.133. The minimum atomic E-state index is -0.0811. The molecule has 0 heterocycles. The average Bonchev–Trinajstić information content (AvgIpc) is 2.54. The molecular weight excluding hydrogens is 300 g/mol. The van der Waals surface area contributed by atoms with Crippen LogP contribution in [0.1, 0.15) is 44.2 Å². The van der Waals surface area contributed by atoms with Gasteiger partial charge in [0.1, 0.15) is 0 Å². The van der Waals surface area contributed by atoms with Gasteiger partial charge in [-0.15, -0.1) is 0 Å². The number of hydrogen-bond donors (Lipinski definition) is 2. The Hall–Kier alpha value is -1.26. The molecule has 0 spiro atoms. The Balaban J connectivity index is 1.88. The van der Waals surface area contributed by atoms with Crippen molar-refractivity contribution in [1.29, 1.82) is 0 Å². The van der Waals surface area contributed by atoms with Crippen molar-refractivity contribution in [2.45, 2.75) is 44.7 Å². The number of halogens is 1. The van der Waals surface area contributed by atoms with Gasteiger partial charge in [0, 0.05) is 24.7 Å². The molecule has 1 aromatic rings. The van der Waals surface area contributed by atoms with Crippen molar-refractivity contribution in [3.8, 4) is 0 Å². The fourth-order valence-electron chi connectivity index (χ4n) is 3.03. The predicted molar refractivity (Wildman–Crippen MR) is 89.0 cm³/mol. The zero-order chi connectivity index (χ0) is 16.1. The Morgan fingerprint density at radius 3 is 2.68 bits per heavy atom. The predicted octanol–water partition coefficient (Wildman–Crippen LogP) is 3.59. The second-order valence-corrected chi connectivity index (χ2v) is 6.63. The van der Waals surface area contributed by atoms with Crippen LogP contribution in [0.15, 0.2) is 24.3 Å². The highest BCUT2D eigenvalue weighted by Crippen LogP contribution is 2.27. The fraction of sp³-hybridized carbons (Fsp3) is 0.588. The minimum absolute atomic E-state index is 0.0556. The van der Waals surface area contributed by atoms with Gasteiger partial charge in [0.25, 0.3) is 0 Å². The van der Waals surface area contributed by atoms with Gasteiger partial charge in [-0.25, -0.2) is 4.79 Å². The second-order valence-electron chi connectivity index (χ2n) is 6.19. The van der Waals surface area contributed by atoms with E-state index in [0.29, 0.717) is 10.9 Å². The maximum atomic E-state index is 12.4. The van der Waals surface area contributed by atoms with Crippen LogP contribution in [0.4, 0.5) is 4.79 Å². The molecule has 1 atom stereocenters. The van der Waals surface area contributed by atoms with Crippen LogP contribution in [0.25, 0.3) is 0 Å². The van der Waals surface area contributed by atoms with Crippen LogP contribution in [-0.4, -0.2) is 35.7 Å². The normalized spacial score (nSPS) is 22.9. The molecule has 1 fully saturated rings. The minimum Gasteiger partial charge on any atom is -0.396 e. The van der Waals surface area contributed by atoms with E-state index in [1.807, 2.05) is 38.2 Å². The summed E-state index contributed by atoms with van der Waals surface area (Å²) in [5, 5.41) is 12.9. The Bertz CT molecular complexity index is 501. The molecule has 22 heavy (non-hydrogen) atoms. The van der Waals surface area contributed by atoms with Crippen LogP contribution in [0.5, 0.6) is 0 Å². The maximum Gasteiger partial charge on any atom is 0.317 e. The molecule has 1 aliphatic rings.